The molecule has 2 aromatic carbocycles. The van der Waals surface area contributed by atoms with Gasteiger partial charge in [-0.15, -0.1) is 0 Å². The number of aryl methyl sites for hydroxylation is 1. The normalized spacial score (nSPS) is 24.7. The number of hydrogen-bond acceptors (Lipinski definition) is 5. The first-order valence-corrected chi connectivity index (χ1v) is 14.6. The van der Waals surface area contributed by atoms with Crippen molar-refractivity contribution in [1.29, 1.82) is 0 Å². The fraction of sp³-hybridized carbons (Fsp3) is 0.519. The van der Waals surface area contributed by atoms with Crippen molar-refractivity contribution in [2.24, 2.45) is 0 Å². The SMILES string of the molecule is O=C(N1CC[C@@]2(S(=O)(=O)c3ccc(F)cc3)c3ccc(C(F)(C(F)(F)F)C(F)(F)F)cc3CC[C@@H]12)C1(O)CCNCC1. The van der Waals surface area contributed by atoms with Crippen LogP contribution in [0.1, 0.15) is 42.4 Å². The van der Waals surface area contributed by atoms with Gasteiger partial charge in [0.1, 0.15) is 16.2 Å². The van der Waals surface area contributed by atoms with Gasteiger partial charge in [0.2, 0.25) is 0 Å². The number of aliphatic hydroxyl groups is 1. The lowest BCUT2D eigenvalue weighted by Crippen LogP contribution is -2.59. The molecule has 5 rings (SSSR count). The first kappa shape index (κ1) is 30.7. The third-order valence-electron chi connectivity index (χ3n) is 8.76. The zero-order chi connectivity index (χ0) is 30.9. The molecule has 0 radical (unpaired) electrons. The van der Waals surface area contributed by atoms with E-state index in [1.165, 1.54) is 4.90 Å². The van der Waals surface area contributed by atoms with E-state index in [1.54, 1.807) is 0 Å². The van der Waals surface area contributed by atoms with E-state index in [4.69, 9.17) is 0 Å². The van der Waals surface area contributed by atoms with Crippen LogP contribution in [-0.4, -0.2) is 68.0 Å². The number of likely N-dealkylation sites (tertiary alicyclic amines) is 1. The number of carbonyl (C=O) groups excluding carboxylic acids is 1. The summed E-state index contributed by atoms with van der Waals surface area (Å²) in [6.45, 7) is 0.433. The van der Waals surface area contributed by atoms with Crippen molar-refractivity contribution in [2.45, 2.75) is 71.4 Å². The maximum absolute atomic E-state index is 14.9. The minimum Gasteiger partial charge on any atom is -0.380 e. The standard InChI is InChI=1S/C27H26F8N2O4S/c28-18-3-5-19(6-4-18)42(40,41)24-11-14-37(22(38)23(39)9-12-36-13-10-23)21(24)8-1-16-15-17(2-7-20(16)24)25(29,26(30,31)32)27(33,34)35/h2-7,15,21,36,39H,1,8-14H2/t21-,24-/m1/s1. The van der Waals surface area contributed by atoms with Gasteiger partial charge in [-0.1, -0.05) is 18.2 Å². The average molecular weight is 627 g/mol. The van der Waals surface area contributed by atoms with Gasteiger partial charge in [-0.25, -0.2) is 17.2 Å². The Morgan fingerprint density at radius 1 is 0.929 bits per heavy atom. The minimum absolute atomic E-state index is 0.0418. The Morgan fingerprint density at radius 2 is 1.52 bits per heavy atom. The van der Waals surface area contributed by atoms with Gasteiger partial charge in [0.05, 0.1) is 10.9 Å². The van der Waals surface area contributed by atoms with Crippen LogP contribution in [0.25, 0.3) is 0 Å². The second-order valence-corrected chi connectivity index (χ2v) is 13.2. The summed E-state index contributed by atoms with van der Waals surface area (Å²) in [5.74, 6) is -1.49. The quantitative estimate of drug-likeness (QED) is 0.387. The van der Waals surface area contributed by atoms with E-state index < -0.39 is 61.5 Å². The number of nitrogens with zero attached hydrogens (tertiary/aromatic N) is 1. The van der Waals surface area contributed by atoms with E-state index >= 15 is 0 Å². The van der Waals surface area contributed by atoms with Gasteiger partial charge in [-0.05, 0) is 80.6 Å². The van der Waals surface area contributed by atoms with E-state index in [0.29, 0.717) is 19.2 Å². The zero-order valence-corrected chi connectivity index (χ0v) is 22.6. The number of fused-ring (bicyclic) bond motifs is 3. The summed E-state index contributed by atoms with van der Waals surface area (Å²) < 4.78 is 136. The number of amides is 1. The molecule has 2 aromatic rings. The highest BCUT2D eigenvalue weighted by atomic mass is 32.2. The average Bonchev–Trinajstić information content (AvgIpc) is 3.33. The molecule has 230 valence electrons. The smallest absolute Gasteiger partial charge is 0.380 e. The molecule has 2 N–H and O–H groups in total. The topological polar surface area (TPSA) is 86.7 Å². The lowest BCUT2D eigenvalue weighted by Gasteiger charge is -2.44. The Hall–Kier alpha value is -2.78. The van der Waals surface area contributed by atoms with Gasteiger partial charge in [0, 0.05) is 12.1 Å². The molecule has 6 nitrogen and oxygen atoms in total. The van der Waals surface area contributed by atoms with Gasteiger partial charge in [-0.2, -0.15) is 26.3 Å². The van der Waals surface area contributed by atoms with Crippen LogP contribution in [0, 0.1) is 5.82 Å². The molecule has 0 spiro atoms. The third kappa shape index (κ3) is 4.33. The first-order valence-electron chi connectivity index (χ1n) is 13.1. The molecule has 1 amide bonds. The Balaban J connectivity index is 1.69. The molecule has 2 heterocycles. The summed E-state index contributed by atoms with van der Waals surface area (Å²) in [7, 11) is -4.61. The molecule has 0 aromatic heterocycles. The number of nitrogens with one attached hydrogen (secondary N) is 1. The predicted octanol–water partition coefficient (Wildman–Crippen LogP) is 4.45. The first-order chi connectivity index (χ1) is 19.4. The lowest BCUT2D eigenvalue weighted by atomic mass is 9.76. The van der Waals surface area contributed by atoms with Crippen molar-refractivity contribution < 1.29 is 53.4 Å². The van der Waals surface area contributed by atoms with Crippen molar-refractivity contribution in [1.82, 2.24) is 10.2 Å². The predicted molar refractivity (Wildman–Crippen MR) is 132 cm³/mol. The Labute approximate surface area is 235 Å². The highest BCUT2D eigenvalue weighted by molar-refractivity contribution is 7.92. The maximum Gasteiger partial charge on any atom is 0.435 e. The molecule has 2 aliphatic heterocycles. The van der Waals surface area contributed by atoms with E-state index in [1.807, 2.05) is 0 Å². The van der Waals surface area contributed by atoms with Crippen molar-refractivity contribution in [2.75, 3.05) is 19.6 Å². The number of carbonyl (C=O) groups is 1. The molecule has 3 aliphatic rings. The summed E-state index contributed by atoms with van der Waals surface area (Å²) >= 11 is 0. The molecule has 15 heteroatoms. The van der Waals surface area contributed by atoms with E-state index in [9.17, 15) is 53.4 Å². The van der Waals surface area contributed by atoms with Gasteiger partial charge >= 0.3 is 18.0 Å². The van der Waals surface area contributed by atoms with Crippen LogP contribution in [0.5, 0.6) is 0 Å². The molecule has 42 heavy (non-hydrogen) atoms. The van der Waals surface area contributed by atoms with Crippen molar-refractivity contribution in [3.05, 3.63) is 65.0 Å². The number of benzene rings is 2. The molecule has 2 saturated heterocycles. The van der Waals surface area contributed by atoms with Crippen molar-refractivity contribution >= 4 is 15.7 Å². The molecular formula is C27H26F8N2O4S. The van der Waals surface area contributed by atoms with Gasteiger partial charge < -0.3 is 15.3 Å². The molecule has 0 bridgehead atoms. The van der Waals surface area contributed by atoms with Crippen molar-refractivity contribution in [3.63, 3.8) is 0 Å². The Kier molecular flexibility index (Phi) is 7.21. The van der Waals surface area contributed by atoms with Gasteiger partial charge in [-0.3, -0.25) is 4.79 Å². The minimum atomic E-state index is -6.37. The number of sulfone groups is 1. The van der Waals surface area contributed by atoms with Crippen LogP contribution < -0.4 is 5.32 Å². The second-order valence-electron chi connectivity index (χ2n) is 11.0. The highest BCUT2D eigenvalue weighted by Crippen LogP contribution is 2.57. The summed E-state index contributed by atoms with van der Waals surface area (Å²) in [4.78, 5) is 14.5. The fourth-order valence-electron chi connectivity index (χ4n) is 6.62. The molecule has 2 fully saturated rings. The van der Waals surface area contributed by atoms with Gasteiger partial charge in [0.15, 0.2) is 9.84 Å². The molecule has 0 unspecified atom stereocenters. The van der Waals surface area contributed by atoms with Crippen LogP contribution in [0.2, 0.25) is 0 Å². The summed E-state index contributed by atoms with van der Waals surface area (Å²) in [6, 6.07) is 3.95. The number of alkyl halides is 7. The molecule has 1 aliphatic carbocycles. The second kappa shape index (κ2) is 9.88. The molecular weight excluding hydrogens is 600 g/mol. The van der Waals surface area contributed by atoms with Crippen LogP contribution in [-0.2, 0) is 31.5 Å². The van der Waals surface area contributed by atoms with E-state index in [0.717, 1.165) is 30.3 Å². The molecule has 2 atom stereocenters. The summed E-state index contributed by atoms with van der Waals surface area (Å²) in [5.41, 5.74) is -9.70. The molecule has 0 saturated carbocycles. The summed E-state index contributed by atoms with van der Waals surface area (Å²) in [6.07, 6.45) is -13.5. The highest BCUT2D eigenvalue weighted by Gasteiger charge is 2.74. The van der Waals surface area contributed by atoms with Crippen LogP contribution in [0.15, 0.2) is 47.4 Å². The van der Waals surface area contributed by atoms with Crippen LogP contribution in [0.3, 0.4) is 0 Å². The number of rotatable bonds is 4. The fourth-order valence-corrected chi connectivity index (χ4v) is 8.99. The van der Waals surface area contributed by atoms with Crippen LogP contribution in [0.4, 0.5) is 35.1 Å². The number of hydrogen-bond donors (Lipinski definition) is 2. The number of halogens is 8. The van der Waals surface area contributed by atoms with Crippen molar-refractivity contribution in [3.8, 4) is 0 Å². The maximum atomic E-state index is 14.9. The van der Waals surface area contributed by atoms with E-state index in [2.05, 4.69) is 5.32 Å². The summed E-state index contributed by atoms with van der Waals surface area (Å²) in [5, 5.41) is 14.1. The Bertz CT molecular complexity index is 1470. The number of piperidine rings is 1. The monoisotopic (exact) mass is 626 g/mol. The van der Waals surface area contributed by atoms with E-state index in [-0.39, 0.29) is 60.7 Å². The zero-order valence-electron chi connectivity index (χ0n) is 21.8. The van der Waals surface area contributed by atoms with Gasteiger partial charge in [0.25, 0.3) is 5.91 Å². The van der Waals surface area contributed by atoms with Crippen LogP contribution >= 0.6 is 0 Å². The lowest BCUT2D eigenvalue weighted by molar-refractivity contribution is -0.348. The largest absolute Gasteiger partial charge is 0.435 e. The Morgan fingerprint density at radius 3 is 2.10 bits per heavy atom. The third-order valence-corrected chi connectivity index (χ3v) is 11.3.